The van der Waals surface area contributed by atoms with Gasteiger partial charge in [-0.05, 0) is 29.5 Å². The Hall–Kier alpha value is -0.930. The van der Waals surface area contributed by atoms with Crippen molar-refractivity contribution >= 4 is 29.1 Å². The van der Waals surface area contributed by atoms with E-state index in [2.05, 4.69) is 5.32 Å². The van der Waals surface area contributed by atoms with Gasteiger partial charge in [0.1, 0.15) is 10.3 Å². The highest BCUT2D eigenvalue weighted by molar-refractivity contribution is 6.55. The normalized spacial score (nSPS) is 24.4. The van der Waals surface area contributed by atoms with E-state index in [-0.39, 0.29) is 27.6 Å². The molecule has 5 heteroatoms. The summed E-state index contributed by atoms with van der Waals surface area (Å²) in [6.07, 6.45) is 3.32. The van der Waals surface area contributed by atoms with Crippen LogP contribution in [0.3, 0.4) is 0 Å². The SMILES string of the molecule is CC1(C)[C@@H](C=C(Cl)Cl)[C@@H]1C(=O)NCc1ccco1. The third-order valence-corrected chi connectivity index (χ3v) is 3.77. The Morgan fingerprint density at radius 2 is 2.28 bits per heavy atom. The lowest BCUT2D eigenvalue weighted by Crippen LogP contribution is -2.26. The Morgan fingerprint density at radius 1 is 1.56 bits per heavy atom. The molecule has 0 radical (unpaired) electrons. The Kier molecular flexibility index (Phi) is 3.74. The molecule has 0 spiro atoms. The van der Waals surface area contributed by atoms with E-state index in [1.807, 2.05) is 19.9 Å². The van der Waals surface area contributed by atoms with Gasteiger partial charge in [0, 0.05) is 0 Å². The molecule has 1 fully saturated rings. The zero-order valence-corrected chi connectivity index (χ0v) is 11.8. The summed E-state index contributed by atoms with van der Waals surface area (Å²) in [5.41, 5.74) is -0.0950. The summed E-state index contributed by atoms with van der Waals surface area (Å²) in [6.45, 7) is 4.47. The number of furan rings is 1. The van der Waals surface area contributed by atoms with E-state index in [0.29, 0.717) is 6.54 Å². The predicted octanol–water partition coefficient (Wildman–Crippen LogP) is 3.49. The maximum atomic E-state index is 12.0. The summed E-state index contributed by atoms with van der Waals surface area (Å²) in [6, 6.07) is 3.62. The Labute approximate surface area is 116 Å². The van der Waals surface area contributed by atoms with Crippen LogP contribution in [-0.4, -0.2) is 5.91 Å². The highest BCUT2D eigenvalue weighted by atomic mass is 35.5. The van der Waals surface area contributed by atoms with Crippen LogP contribution in [0.2, 0.25) is 0 Å². The molecule has 0 aromatic carbocycles. The number of carbonyl (C=O) groups is 1. The monoisotopic (exact) mass is 287 g/mol. The summed E-state index contributed by atoms with van der Waals surface area (Å²) in [5, 5.41) is 2.86. The van der Waals surface area contributed by atoms with Crippen LogP contribution in [0.5, 0.6) is 0 Å². The minimum Gasteiger partial charge on any atom is -0.467 e. The van der Waals surface area contributed by atoms with Gasteiger partial charge < -0.3 is 9.73 Å². The Morgan fingerprint density at radius 3 is 2.83 bits per heavy atom. The van der Waals surface area contributed by atoms with Crippen molar-refractivity contribution in [1.29, 1.82) is 0 Å². The van der Waals surface area contributed by atoms with Crippen molar-refractivity contribution in [2.24, 2.45) is 17.3 Å². The smallest absolute Gasteiger partial charge is 0.224 e. The molecule has 18 heavy (non-hydrogen) atoms. The van der Waals surface area contributed by atoms with Crippen molar-refractivity contribution in [2.75, 3.05) is 0 Å². The maximum Gasteiger partial charge on any atom is 0.224 e. The van der Waals surface area contributed by atoms with Gasteiger partial charge in [-0.1, -0.05) is 37.0 Å². The van der Waals surface area contributed by atoms with Crippen LogP contribution < -0.4 is 5.32 Å². The van der Waals surface area contributed by atoms with Crippen molar-refractivity contribution in [1.82, 2.24) is 5.32 Å². The van der Waals surface area contributed by atoms with Gasteiger partial charge in [-0.15, -0.1) is 0 Å². The first-order chi connectivity index (χ1) is 8.43. The number of hydrogen-bond acceptors (Lipinski definition) is 2. The molecule has 1 aliphatic rings. The summed E-state index contributed by atoms with van der Waals surface area (Å²) in [7, 11) is 0. The number of allylic oxidation sites excluding steroid dienone is 1. The molecule has 3 nitrogen and oxygen atoms in total. The maximum absolute atomic E-state index is 12.0. The zero-order valence-electron chi connectivity index (χ0n) is 10.2. The van der Waals surface area contributed by atoms with Crippen molar-refractivity contribution in [3.63, 3.8) is 0 Å². The molecule has 2 rings (SSSR count). The molecule has 98 valence electrons. The van der Waals surface area contributed by atoms with Crippen LogP contribution in [0, 0.1) is 17.3 Å². The van der Waals surface area contributed by atoms with Gasteiger partial charge in [-0.3, -0.25) is 4.79 Å². The summed E-state index contributed by atoms with van der Waals surface area (Å²) < 4.78 is 5.38. The van der Waals surface area contributed by atoms with Crippen LogP contribution >= 0.6 is 23.2 Å². The topological polar surface area (TPSA) is 42.2 Å². The van der Waals surface area contributed by atoms with Crippen LogP contribution in [-0.2, 0) is 11.3 Å². The zero-order chi connectivity index (χ0) is 13.3. The fourth-order valence-electron chi connectivity index (χ4n) is 2.32. The van der Waals surface area contributed by atoms with E-state index in [9.17, 15) is 4.79 Å². The minimum absolute atomic E-state index is 0.00670. The average Bonchev–Trinajstić information content (AvgIpc) is 2.70. The molecule has 0 bridgehead atoms. The number of carbonyl (C=O) groups excluding carboxylic acids is 1. The van der Waals surface area contributed by atoms with Crippen LogP contribution in [0.15, 0.2) is 33.4 Å². The predicted molar refractivity (Wildman–Crippen MR) is 71.1 cm³/mol. The fraction of sp³-hybridized carbons (Fsp3) is 0.462. The van der Waals surface area contributed by atoms with Crippen molar-refractivity contribution in [3.8, 4) is 0 Å². The largest absolute Gasteiger partial charge is 0.467 e. The van der Waals surface area contributed by atoms with Crippen LogP contribution in [0.4, 0.5) is 0 Å². The lowest BCUT2D eigenvalue weighted by Gasteiger charge is -2.04. The molecular formula is C13H15Cl2NO2. The molecular weight excluding hydrogens is 273 g/mol. The fourth-order valence-corrected chi connectivity index (χ4v) is 2.59. The lowest BCUT2D eigenvalue weighted by molar-refractivity contribution is -0.123. The van der Waals surface area contributed by atoms with Gasteiger partial charge in [-0.25, -0.2) is 0 Å². The van der Waals surface area contributed by atoms with Gasteiger partial charge in [-0.2, -0.15) is 0 Å². The summed E-state index contributed by atoms with van der Waals surface area (Å²) in [5.74, 6) is 0.760. The van der Waals surface area contributed by atoms with Crippen molar-refractivity contribution in [3.05, 3.63) is 34.7 Å². The second kappa shape index (κ2) is 4.98. The second-order valence-corrected chi connectivity index (χ2v) is 6.09. The van der Waals surface area contributed by atoms with E-state index in [1.54, 1.807) is 18.4 Å². The third-order valence-electron chi connectivity index (χ3n) is 3.52. The molecule has 1 aliphatic carbocycles. The third kappa shape index (κ3) is 2.73. The first-order valence-corrected chi connectivity index (χ1v) is 6.51. The first-order valence-electron chi connectivity index (χ1n) is 5.76. The molecule has 1 amide bonds. The molecule has 1 aromatic heterocycles. The molecule has 0 saturated heterocycles. The van der Waals surface area contributed by atoms with Gasteiger partial charge in [0.15, 0.2) is 0 Å². The van der Waals surface area contributed by atoms with E-state index >= 15 is 0 Å². The van der Waals surface area contributed by atoms with Crippen LogP contribution in [0.1, 0.15) is 19.6 Å². The lowest BCUT2D eigenvalue weighted by atomic mass is 10.1. The molecule has 1 heterocycles. The minimum atomic E-state index is -0.0950. The van der Waals surface area contributed by atoms with Gasteiger partial charge >= 0.3 is 0 Å². The van der Waals surface area contributed by atoms with Gasteiger partial charge in [0.25, 0.3) is 0 Å². The van der Waals surface area contributed by atoms with E-state index < -0.39 is 0 Å². The van der Waals surface area contributed by atoms with Crippen molar-refractivity contribution < 1.29 is 9.21 Å². The standard InChI is InChI=1S/C13H15Cl2NO2/c1-13(2)9(6-10(14)15)11(13)12(17)16-7-8-4-3-5-18-8/h3-6,9,11H,7H2,1-2H3,(H,16,17)/t9-,11+/m0/s1. The van der Waals surface area contributed by atoms with Crippen molar-refractivity contribution in [2.45, 2.75) is 20.4 Å². The molecule has 1 saturated carbocycles. The molecule has 1 N–H and O–H groups in total. The molecule has 0 aliphatic heterocycles. The van der Waals surface area contributed by atoms with Gasteiger partial charge in [0.2, 0.25) is 5.91 Å². The average molecular weight is 288 g/mol. The van der Waals surface area contributed by atoms with E-state index in [1.165, 1.54) is 0 Å². The number of rotatable bonds is 4. The molecule has 0 unspecified atom stereocenters. The second-order valence-electron chi connectivity index (χ2n) is 5.08. The highest BCUT2D eigenvalue weighted by Crippen LogP contribution is 2.59. The van der Waals surface area contributed by atoms with E-state index in [4.69, 9.17) is 27.6 Å². The first kappa shape index (κ1) is 13.5. The molecule has 1 aromatic rings. The number of halogens is 2. The number of hydrogen-bond donors (Lipinski definition) is 1. The number of nitrogens with one attached hydrogen (secondary N) is 1. The Bertz CT molecular complexity index is 461. The summed E-state index contributed by atoms with van der Waals surface area (Å²) >= 11 is 11.3. The van der Waals surface area contributed by atoms with Crippen LogP contribution in [0.25, 0.3) is 0 Å². The number of amides is 1. The van der Waals surface area contributed by atoms with E-state index in [0.717, 1.165) is 5.76 Å². The highest BCUT2D eigenvalue weighted by Gasteiger charge is 2.60. The summed E-state index contributed by atoms with van der Waals surface area (Å²) in [4.78, 5) is 12.0. The van der Waals surface area contributed by atoms with Gasteiger partial charge in [0.05, 0.1) is 18.7 Å². The Balaban J connectivity index is 1.92. The molecule has 2 atom stereocenters. The quantitative estimate of drug-likeness (QED) is 0.921.